The Bertz CT molecular complexity index is 594. The lowest BCUT2D eigenvalue weighted by molar-refractivity contribution is 0.0695. The summed E-state index contributed by atoms with van der Waals surface area (Å²) < 4.78 is 0. The molecule has 1 heterocycles. The van der Waals surface area contributed by atoms with E-state index in [1.54, 1.807) is 18.3 Å². The number of anilines is 1. The van der Waals surface area contributed by atoms with Gasteiger partial charge < -0.3 is 10.4 Å². The first-order chi connectivity index (χ1) is 9.09. The van der Waals surface area contributed by atoms with Crippen molar-refractivity contribution in [3.8, 4) is 0 Å². The highest BCUT2D eigenvalue weighted by molar-refractivity contribution is 6.33. The molecule has 0 fully saturated rings. The third kappa shape index (κ3) is 3.03. The monoisotopic (exact) mass is 276 g/mol. The quantitative estimate of drug-likeness (QED) is 0.899. The van der Waals surface area contributed by atoms with E-state index in [1.807, 2.05) is 19.1 Å². The van der Waals surface area contributed by atoms with Crippen LogP contribution in [0.5, 0.6) is 0 Å². The van der Waals surface area contributed by atoms with E-state index >= 15 is 0 Å². The van der Waals surface area contributed by atoms with Gasteiger partial charge in [-0.25, -0.2) is 4.79 Å². The topological polar surface area (TPSA) is 62.2 Å². The van der Waals surface area contributed by atoms with Gasteiger partial charge in [0.05, 0.1) is 28.5 Å². The van der Waals surface area contributed by atoms with Crippen molar-refractivity contribution < 1.29 is 9.90 Å². The molecule has 0 unspecified atom stereocenters. The first kappa shape index (κ1) is 13.4. The minimum Gasteiger partial charge on any atom is -0.478 e. The van der Waals surface area contributed by atoms with Gasteiger partial charge in [-0.15, -0.1) is 0 Å². The lowest BCUT2D eigenvalue weighted by Crippen LogP contribution is -2.10. The Morgan fingerprint density at radius 3 is 2.84 bits per heavy atom. The molecule has 0 atom stereocenters. The number of pyridine rings is 1. The van der Waals surface area contributed by atoms with E-state index in [2.05, 4.69) is 10.3 Å². The number of hydrogen-bond acceptors (Lipinski definition) is 3. The number of hydrogen-bond donors (Lipinski definition) is 2. The lowest BCUT2D eigenvalue weighted by atomic mass is 10.1. The highest BCUT2D eigenvalue weighted by Gasteiger charge is 2.11. The Hall–Kier alpha value is -2.07. The molecule has 0 saturated carbocycles. The molecular formula is C14H13ClN2O2. The van der Waals surface area contributed by atoms with Crippen molar-refractivity contribution in [2.24, 2.45) is 0 Å². The van der Waals surface area contributed by atoms with Crippen molar-refractivity contribution in [1.82, 2.24) is 4.98 Å². The zero-order valence-electron chi connectivity index (χ0n) is 10.4. The third-order valence-corrected chi connectivity index (χ3v) is 3.09. The molecule has 1 aromatic heterocycles. The molecule has 0 aliphatic heterocycles. The molecule has 0 radical (unpaired) electrons. The lowest BCUT2D eigenvalue weighted by Gasteiger charge is -2.12. The predicted molar refractivity (Wildman–Crippen MR) is 74.7 cm³/mol. The maximum Gasteiger partial charge on any atom is 0.337 e. The summed E-state index contributed by atoms with van der Waals surface area (Å²) in [6, 6.07) is 8.73. The Kier molecular flexibility index (Phi) is 4.02. The van der Waals surface area contributed by atoms with Crippen LogP contribution in [0, 0.1) is 6.92 Å². The number of nitrogens with one attached hydrogen (secondary N) is 1. The van der Waals surface area contributed by atoms with E-state index in [1.165, 1.54) is 6.07 Å². The summed E-state index contributed by atoms with van der Waals surface area (Å²) in [5.74, 6) is -0.985. The van der Waals surface area contributed by atoms with Gasteiger partial charge >= 0.3 is 5.97 Å². The van der Waals surface area contributed by atoms with E-state index < -0.39 is 5.97 Å². The normalized spacial score (nSPS) is 10.2. The zero-order chi connectivity index (χ0) is 13.8. The molecule has 4 nitrogen and oxygen atoms in total. The molecule has 0 aliphatic carbocycles. The number of carboxylic acid groups (broad SMARTS) is 1. The van der Waals surface area contributed by atoms with Gasteiger partial charge in [0.25, 0.3) is 0 Å². The molecule has 0 spiro atoms. The number of aromatic carboxylic acids is 1. The number of para-hydroxylation sites is 1. The van der Waals surface area contributed by atoms with Gasteiger partial charge in [-0.1, -0.05) is 23.7 Å². The van der Waals surface area contributed by atoms with Gasteiger partial charge in [-0.3, -0.25) is 4.98 Å². The number of aryl methyl sites for hydroxylation is 1. The predicted octanol–water partition coefficient (Wildman–Crippen LogP) is 3.35. The number of aromatic nitrogens is 1. The highest BCUT2D eigenvalue weighted by atomic mass is 35.5. The number of carbonyl (C=O) groups is 1. The first-order valence-corrected chi connectivity index (χ1v) is 6.13. The van der Waals surface area contributed by atoms with Crippen LogP contribution >= 0.6 is 11.6 Å². The molecule has 2 N–H and O–H groups in total. The third-order valence-electron chi connectivity index (χ3n) is 2.78. The van der Waals surface area contributed by atoms with Crippen LogP contribution in [-0.2, 0) is 6.54 Å². The van der Waals surface area contributed by atoms with Crippen LogP contribution in [0.1, 0.15) is 21.6 Å². The molecule has 0 bridgehead atoms. The van der Waals surface area contributed by atoms with Crippen molar-refractivity contribution in [1.29, 1.82) is 0 Å². The summed E-state index contributed by atoms with van der Waals surface area (Å²) in [5, 5.41) is 12.8. The number of benzene rings is 1. The summed E-state index contributed by atoms with van der Waals surface area (Å²) in [4.78, 5) is 15.2. The number of halogens is 1. The first-order valence-electron chi connectivity index (χ1n) is 5.75. The van der Waals surface area contributed by atoms with E-state index in [-0.39, 0.29) is 5.56 Å². The second-order valence-electron chi connectivity index (χ2n) is 4.09. The second-order valence-corrected chi connectivity index (χ2v) is 4.50. The minimum atomic E-state index is -0.985. The van der Waals surface area contributed by atoms with Gasteiger partial charge in [-0.05, 0) is 30.7 Å². The van der Waals surface area contributed by atoms with E-state index in [4.69, 9.17) is 16.7 Å². The Labute approximate surface area is 116 Å². The fraction of sp³-hybridized carbons (Fsp3) is 0.143. The molecule has 2 rings (SSSR count). The number of rotatable bonds is 4. The zero-order valence-corrected chi connectivity index (χ0v) is 11.1. The average molecular weight is 277 g/mol. The second kappa shape index (κ2) is 5.71. The molecule has 0 aliphatic rings. The minimum absolute atomic E-state index is 0.194. The Balaban J connectivity index is 2.22. The fourth-order valence-electron chi connectivity index (χ4n) is 1.80. The molecule has 5 heteroatoms. The fourth-order valence-corrected chi connectivity index (χ4v) is 2.09. The maximum absolute atomic E-state index is 11.1. The van der Waals surface area contributed by atoms with E-state index in [9.17, 15) is 4.79 Å². The molecule has 19 heavy (non-hydrogen) atoms. The molecule has 2 aromatic rings. The van der Waals surface area contributed by atoms with Crippen LogP contribution in [-0.4, -0.2) is 16.1 Å². The summed E-state index contributed by atoms with van der Waals surface area (Å²) in [5.41, 5.74) is 2.47. The standard InChI is InChI=1S/C14H13ClN2O2/c1-9-4-2-6-11(15)13(9)17-8-12-10(14(18)19)5-3-7-16-12/h2-7,17H,8H2,1H3,(H,18,19). The van der Waals surface area contributed by atoms with Gasteiger partial charge in [0.15, 0.2) is 0 Å². The van der Waals surface area contributed by atoms with Crippen LogP contribution in [0.4, 0.5) is 5.69 Å². The van der Waals surface area contributed by atoms with E-state index in [0.29, 0.717) is 17.3 Å². The molecular weight excluding hydrogens is 264 g/mol. The van der Waals surface area contributed by atoms with Crippen LogP contribution < -0.4 is 5.32 Å². The SMILES string of the molecule is Cc1cccc(Cl)c1NCc1ncccc1C(=O)O. The summed E-state index contributed by atoms with van der Waals surface area (Å²) in [7, 11) is 0. The number of carboxylic acids is 1. The van der Waals surface area contributed by atoms with Crippen LogP contribution in [0.25, 0.3) is 0 Å². The summed E-state index contributed by atoms with van der Waals surface area (Å²) >= 11 is 6.10. The molecule has 0 amide bonds. The van der Waals surface area contributed by atoms with Crippen LogP contribution in [0.2, 0.25) is 5.02 Å². The van der Waals surface area contributed by atoms with Gasteiger partial charge in [0.2, 0.25) is 0 Å². The van der Waals surface area contributed by atoms with Crippen LogP contribution in [0.15, 0.2) is 36.5 Å². The molecule has 98 valence electrons. The van der Waals surface area contributed by atoms with Crippen molar-refractivity contribution in [2.75, 3.05) is 5.32 Å². The molecule has 0 saturated heterocycles. The van der Waals surface area contributed by atoms with Crippen molar-refractivity contribution in [3.05, 3.63) is 58.4 Å². The van der Waals surface area contributed by atoms with Crippen molar-refractivity contribution in [2.45, 2.75) is 13.5 Å². The van der Waals surface area contributed by atoms with Gasteiger partial charge in [0, 0.05) is 6.20 Å². The summed E-state index contributed by atoms with van der Waals surface area (Å²) in [6.45, 7) is 2.25. The van der Waals surface area contributed by atoms with E-state index in [0.717, 1.165) is 11.3 Å². The van der Waals surface area contributed by atoms with Crippen LogP contribution in [0.3, 0.4) is 0 Å². The van der Waals surface area contributed by atoms with Gasteiger partial charge in [-0.2, -0.15) is 0 Å². The largest absolute Gasteiger partial charge is 0.478 e. The highest BCUT2D eigenvalue weighted by Crippen LogP contribution is 2.25. The molecule has 1 aromatic carbocycles. The average Bonchev–Trinajstić information content (AvgIpc) is 2.38. The maximum atomic E-state index is 11.1. The Morgan fingerprint density at radius 1 is 1.37 bits per heavy atom. The Morgan fingerprint density at radius 2 is 2.16 bits per heavy atom. The smallest absolute Gasteiger partial charge is 0.337 e. The summed E-state index contributed by atoms with van der Waals surface area (Å²) in [6.07, 6.45) is 1.57. The number of nitrogens with zero attached hydrogens (tertiary/aromatic N) is 1. The van der Waals surface area contributed by atoms with Gasteiger partial charge in [0.1, 0.15) is 0 Å². The van der Waals surface area contributed by atoms with Crippen molar-refractivity contribution in [3.63, 3.8) is 0 Å². The van der Waals surface area contributed by atoms with Crippen molar-refractivity contribution >= 4 is 23.3 Å².